The van der Waals surface area contributed by atoms with Crippen molar-refractivity contribution in [3.63, 3.8) is 0 Å². The highest BCUT2D eigenvalue weighted by molar-refractivity contribution is 9.10. The van der Waals surface area contributed by atoms with Gasteiger partial charge in [-0.05, 0) is 47.8 Å². The number of hydrogen-bond acceptors (Lipinski definition) is 2. The van der Waals surface area contributed by atoms with Crippen LogP contribution in [0.1, 0.15) is 36.5 Å². The monoisotopic (exact) mass is 343 g/mol. The zero-order valence-corrected chi connectivity index (χ0v) is 12.5. The number of amides is 1. The molecule has 2 rings (SSSR count). The van der Waals surface area contributed by atoms with Crippen LogP contribution in [-0.2, 0) is 4.79 Å². The Kier molecular flexibility index (Phi) is 4.13. The Balaban J connectivity index is 2.20. The van der Waals surface area contributed by atoms with Crippen molar-refractivity contribution in [2.45, 2.75) is 32.2 Å². The number of nitrogens with one attached hydrogen (secondary N) is 1. The smallest absolute Gasteiger partial charge is 0.311 e. The lowest BCUT2D eigenvalue weighted by molar-refractivity contribution is -0.148. The van der Waals surface area contributed by atoms with Crippen molar-refractivity contribution in [3.8, 4) is 0 Å². The van der Waals surface area contributed by atoms with E-state index in [0.717, 1.165) is 6.42 Å². The molecule has 2 N–H and O–H groups in total. The minimum Gasteiger partial charge on any atom is -0.481 e. The molecule has 1 aromatic rings. The van der Waals surface area contributed by atoms with E-state index in [-0.39, 0.29) is 10.0 Å². The quantitative estimate of drug-likeness (QED) is 0.886. The van der Waals surface area contributed by atoms with Crippen LogP contribution in [0, 0.1) is 11.2 Å². The Hall–Kier alpha value is -1.43. The maximum atomic E-state index is 13.9. The summed E-state index contributed by atoms with van der Waals surface area (Å²) >= 11 is 3.02. The lowest BCUT2D eigenvalue weighted by Gasteiger charge is -2.27. The van der Waals surface area contributed by atoms with Crippen molar-refractivity contribution in [3.05, 3.63) is 34.1 Å². The van der Waals surface area contributed by atoms with Gasteiger partial charge in [-0.3, -0.25) is 9.59 Å². The Morgan fingerprint density at radius 3 is 2.85 bits per heavy atom. The van der Waals surface area contributed by atoms with Gasteiger partial charge in [0.25, 0.3) is 5.91 Å². The fourth-order valence-electron chi connectivity index (χ4n) is 2.57. The predicted molar refractivity (Wildman–Crippen MR) is 74.9 cm³/mol. The standard InChI is InChI=1S/C14H15BrFNO3/c1-14(13(19)20)7-3-6-10(14)17-12(18)8-4-2-5-9(15)11(8)16/h2,4-5,10H,3,6-7H2,1H3,(H,17,18)(H,19,20). The van der Waals surface area contributed by atoms with Crippen LogP contribution in [0.15, 0.2) is 22.7 Å². The molecular formula is C14H15BrFNO3. The molecule has 0 bridgehead atoms. The molecule has 0 radical (unpaired) electrons. The molecule has 0 spiro atoms. The first-order valence-corrected chi connectivity index (χ1v) is 7.14. The summed E-state index contributed by atoms with van der Waals surface area (Å²) in [5.74, 6) is -2.15. The maximum Gasteiger partial charge on any atom is 0.311 e. The van der Waals surface area contributed by atoms with E-state index in [4.69, 9.17) is 0 Å². The number of carbonyl (C=O) groups excluding carboxylic acids is 1. The van der Waals surface area contributed by atoms with Crippen LogP contribution in [0.5, 0.6) is 0 Å². The van der Waals surface area contributed by atoms with Gasteiger partial charge in [-0.2, -0.15) is 0 Å². The van der Waals surface area contributed by atoms with E-state index in [1.807, 2.05) is 0 Å². The Labute approximate surface area is 124 Å². The van der Waals surface area contributed by atoms with Crippen LogP contribution in [0.2, 0.25) is 0 Å². The number of carboxylic acids is 1. The van der Waals surface area contributed by atoms with Gasteiger partial charge in [-0.25, -0.2) is 4.39 Å². The van der Waals surface area contributed by atoms with Gasteiger partial charge >= 0.3 is 5.97 Å². The molecule has 4 nitrogen and oxygen atoms in total. The average Bonchev–Trinajstić information content (AvgIpc) is 2.75. The van der Waals surface area contributed by atoms with E-state index in [9.17, 15) is 19.1 Å². The topological polar surface area (TPSA) is 66.4 Å². The summed E-state index contributed by atoms with van der Waals surface area (Å²) < 4.78 is 14.1. The lowest BCUT2D eigenvalue weighted by atomic mass is 9.85. The van der Waals surface area contributed by atoms with Crippen LogP contribution in [-0.4, -0.2) is 23.0 Å². The van der Waals surface area contributed by atoms with Crippen molar-refractivity contribution in [2.75, 3.05) is 0 Å². The molecular weight excluding hydrogens is 329 g/mol. The van der Waals surface area contributed by atoms with Gasteiger partial charge < -0.3 is 10.4 Å². The van der Waals surface area contributed by atoms with Crippen LogP contribution >= 0.6 is 15.9 Å². The number of rotatable bonds is 3. The zero-order valence-electron chi connectivity index (χ0n) is 11.0. The number of hydrogen-bond donors (Lipinski definition) is 2. The van der Waals surface area contributed by atoms with Gasteiger partial charge in [0.2, 0.25) is 0 Å². The first-order chi connectivity index (χ1) is 9.36. The van der Waals surface area contributed by atoms with E-state index < -0.39 is 29.2 Å². The molecule has 1 aliphatic carbocycles. The van der Waals surface area contributed by atoms with Gasteiger partial charge in [-0.15, -0.1) is 0 Å². The molecule has 0 saturated heterocycles. The van der Waals surface area contributed by atoms with E-state index >= 15 is 0 Å². The van der Waals surface area contributed by atoms with Gasteiger partial charge in [0, 0.05) is 6.04 Å². The Bertz CT molecular complexity index is 563. The van der Waals surface area contributed by atoms with Gasteiger partial charge in [0.1, 0.15) is 5.82 Å². The number of carboxylic acid groups (broad SMARTS) is 1. The summed E-state index contributed by atoms with van der Waals surface area (Å²) in [6, 6.07) is 3.96. The summed E-state index contributed by atoms with van der Waals surface area (Å²) in [6.45, 7) is 1.62. The van der Waals surface area contributed by atoms with Gasteiger partial charge in [0.05, 0.1) is 15.5 Å². The molecule has 1 fully saturated rings. The maximum absolute atomic E-state index is 13.9. The van der Waals surface area contributed by atoms with Crippen LogP contribution < -0.4 is 5.32 Å². The third-order valence-electron chi connectivity index (χ3n) is 3.95. The summed E-state index contributed by atoms with van der Waals surface area (Å²) in [4.78, 5) is 23.5. The van der Waals surface area contributed by atoms with E-state index in [1.54, 1.807) is 13.0 Å². The molecule has 1 amide bonds. The normalized spacial score (nSPS) is 25.4. The van der Waals surface area contributed by atoms with Crippen LogP contribution in [0.4, 0.5) is 4.39 Å². The molecule has 6 heteroatoms. The molecule has 20 heavy (non-hydrogen) atoms. The van der Waals surface area contributed by atoms with Crippen molar-refractivity contribution < 1.29 is 19.1 Å². The van der Waals surface area contributed by atoms with Crippen molar-refractivity contribution in [2.24, 2.45) is 5.41 Å². The highest BCUT2D eigenvalue weighted by Crippen LogP contribution is 2.38. The highest BCUT2D eigenvalue weighted by atomic mass is 79.9. The number of aliphatic carboxylic acids is 1. The summed E-state index contributed by atoms with van der Waals surface area (Å²) in [6.07, 6.45) is 1.83. The molecule has 1 aromatic carbocycles. The van der Waals surface area contributed by atoms with Crippen LogP contribution in [0.3, 0.4) is 0 Å². The fourth-order valence-corrected chi connectivity index (χ4v) is 2.94. The fraction of sp³-hybridized carbons (Fsp3) is 0.429. The number of carbonyl (C=O) groups is 2. The molecule has 2 unspecified atom stereocenters. The van der Waals surface area contributed by atoms with Crippen molar-refractivity contribution in [1.29, 1.82) is 0 Å². The first kappa shape index (κ1) is 15.0. The highest BCUT2D eigenvalue weighted by Gasteiger charge is 2.46. The van der Waals surface area contributed by atoms with Crippen LogP contribution in [0.25, 0.3) is 0 Å². The third kappa shape index (κ3) is 2.57. The van der Waals surface area contributed by atoms with E-state index in [0.29, 0.717) is 12.8 Å². The van der Waals surface area contributed by atoms with E-state index in [2.05, 4.69) is 21.2 Å². The lowest BCUT2D eigenvalue weighted by Crippen LogP contribution is -2.47. The molecule has 108 valence electrons. The first-order valence-electron chi connectivity index (χ1n) is 6.34. The minimum absolute atomic E-state index is 0.0842. The molecule has 0 aliphatic heterocycles. The predicted octanol–water partition coefficient (Wildman–Crippen LogP) is 2.96. The third-order valence-corrected chi connectivity index (χ3v) is 4.56. The summed E-state index contributed by atoms with van der Waals surface area (Å²) in [5, 5.41) is 11.9. The molecule has 0 heterocycles. The number of halogens is 2. The second-order valence-electron chi connectivity index (χ2n) is 5.24. The van der Waals surface area contributed by atoms with E-state index in [1.165, 1.54) is 12.1 Å². The van der Waals surface area contributed by atoms with Crippen molar-refractivity contribution in [1.82, 2.24) is 5.32 Å². The Morgan fingerprint density at radius 2 is 2.20 bits per heavy atom. The second-order valence-corrected chi connectivity index (χ2v) is 6.10. The minimum atomic E-state index is -0.988. The van der Waals surface area contributed by atoms with Gasteiger partial charge in [0.15, 0.2) is 0 Å². The van der Waals surface area contributed by atoms with Crippen molar-refractivity contribution >= 4 is 27.8 Å². The molecule has 1 aliphatic rings. The SMILES string of the molecule is CC1(C(=O)O)CCCC1NC(=O)c1cccc(Br)c1F. The number of benzene rings is 1. The molecule has 2 atom stereocenters. The largest absolute Gasteiger partial charge is 0.481 e. The zero-order chi connectivity index (χ0) is 14.9. The second kappa shape index (κ2) is 5.52. The average molecular weight is 344 g/mol. The molecule has 1 saturated carbocycles. The van der Waals surface area contributed by atoms with Gasteiger partial charge in [-0.1, -0.05) is 12.5 Å². The Morgan fingerprint density at radius 1 is 1.50 bits per heavy atom. The summed E-state index contributed by atoms with van der Waals surface area (Å²) in [7, 11) is 0. The summed E-state index contributed by atoms with van der Waals surface area (Å²) in [5.41, 5.74) is -1.07. The molecule has 0 aromatic heterocycles.